The lowest BCUT2D eigenvalue weighted by Gasteiger charge is -2.39. The molecular weight excluding hydrogens is 234 g/mol. The number of H-pyrrole nitrogens is 1. The second kappa shape index (κ2) is 6.08. The molecule has 0 bridgehead atoms. The maximum Gasteiger partial charge on any atom is 0.107 e. The lowest BCUT2D eigenvalue weighted by molar-refractivity contribution is 0.133. The van der Waals surface area contributed by atoms with Crippen LogP contribution in [-0.2, 0) is 6.42 Å². The van der Waals surface area contributed by atoms with Gasteiger partial charge in [-0.25, -0.2) is 4.98 Å². The minimum atomic E-state index is 0.473. The Morgan fingerprint density at radius 3 is 2.47 bits per heavy atom. The standard InChI is InChI=1S/C16H29N3/c1-16(2,3)13-7-5-12(6-8-13)14(17-4)11-15-18-9-10-19-15/h9-10,12-14,17H,5-8,11H2,1-4H3,(H,18,19). The van der Waals surface area contributed by atoms with E-state index in [2.05, 4.69) is 43.1 Å². The molecule has 108 valence electrons. The van der Waals surface area contributed by atoms with E-state index in [1.807, 2.05) is 12.4 Å². The van der Waals surface area contributed by atoms with Crippen LogP contribution in [-0.4, -0.2) is 23.1 Å². The fourth-order valence-electron chi connectivity index (χ4n) is 3.51. The third kappa shape index (κ3) is 3.82. The highest BCUT2D eigenvalue weighted by atomic mass is 14.9. The molecule has 0 radical (unpaired) electrons. The van der Waals surface area contributed by atoms with Gasteiger partial charge in [-0.15, -0.1) is 0 Å². The van der Waals surface area contributed by atoms with Crippen LogP contribution in [0.1, 0.15) is 52.3 Å². The zero-order valence-electron chi connectivity index (χ0n) is 12.9. The van der Waals surface area contributed by atoms with Crippen LogP contribution < -0.4 is 5.32 Å². The third-order valence-corrected chi connectivity index (χ3v) is 4.90. The van der Waals surface area contributed by atoms with Crippen molar-refractivity contribution in [3.63, 3.8) is 0 Å². The molecule has 2 N–H and O–H groups in total. The molecule has 0 aliphatic heterocycles. The smallest absolute Gasteiger partial charge is 0.107 e. The summed E-state index contributed by atoms with van der Waals surface area (Å²) >= 11 is 0. The first-order valence-corrected chi connectivity index (χ1v) is 7.66. The van der Waals surface area contributed by atoms with Crippen LogP contribution in [0.5, 0.6) is 0 Å². The Hall–Kier alpha value is -0.830. The monoisotopic (exact) mass is 263 g/mol. The molecule has 0 aromatic carbocycles. The van der Waals surface area contributed by atoms with Crippen LogP contribution >= 0.6 is 0 Å². The number of likely N-dealkylation sites (N-methyl/N-ethyl adjacent to an activating group) is 1. The van der Waals surface area contributed by atoms with Crippen LogP contribution in [0, 0.1) is 17.3 Å². The van der Waals surface area contributed by atoms with Gasteiger partial charge in [0.05, 0.1) is 0 Å². The second-order valence-electron chi connectivity index (χ2n) is 7.11. The van der Waals surface area contributed by atoms with Gasteiger partial charge in [0.1, 0.15) is 5.82 Å². The number of hydrogen-bond donors (Lipinski definition) is 2. The van der Waals surface area contributed by atoms with Gasteiger partial charge in [0.25, 0.3) is 0 Å². The van der Waals surface area contributed by atoms with Crippen LogP contribution in [0.4, 0.5) is 0 Å². The fraction of sp³-hybridized carbons (Fsp3) is 0.812. The number of imidazole rings is 1. The highest BCUT2D eigenvalue weighted by molar-refractivity contribution is 4.94. The molecule has 1 aliphatic carbocycles. The fourth-order valence-corrected chi connectivity index (χ4v) is 3.51. The number of nitrogens with zero attached hydrogens (tertiary/aromatic N) is 1. The minimum Gasteiger partial charge on any atom is -0.349 e. The number of aromatic nitrogens is 2. The number of aromatic amines is 1. The largest absolute Gasteiger partial charge is 0.349 e. The zero-order valence-corrected chi connectivity index (χ0v) is 12.9. The summed E-state index contributed by atoms with van der Waals surface area (Å²) in [5, 5.41) is 3.50. The summed E-state index contributed by atoms with van der Waals surface area (Å²) in [5.41, 5.74) is 0.473. The molecule has 1 saturated carbocycles. The molecule has 0 amide bonds. The van der Waals surface area contributed by atoms with Crippen molar-refractivity contribution >= 4 is 0 Å². The lowest BCUT2D eigenvalue weighted by Crippen LogP contribution is -2.39. The Balaban J connectivity index is 1.88. The van der Waals surface area contributed by atoms with Crippen molar-refractivity contribution < 1.29 is 0 Å². The van der Waals surface area contributed by atoms with E-state index in [9.17, 15) is 0 Å². The van der Waals surface area contributed by atoms with Crippen molar-refractivity contribution in [2.45, 2.75) is 58.9 Å². The SMILES string of the molecule is CNC(Cc1ncc[nH]1)C1CCC(C(C)(C)C)CC1. The predicted molar refractivity (Wildman–Crippen MR) is 80.0 cm³/mol. The molecule has 3 nitrogen and oxygen atoms in total. The molecule has 1 heterocycles. The second-order valence-corrected chi connectivity index (χ2v) is 7.11. The van der Waals surface area contributed by atoms with E-state index < -0.39 is 0 Å². The van der Waals surface area contributed by atoms with Crippen molar-refractivity contribution in [3.05, 3.63) is 18.2 Å². The van der Waals surface area contributed by atoms with E-state index in [1.54, 1.807) is 0 Å². The van der Waals surface area contributed by atoms with E-state index in [-0.39, 0.29) is 0 Å². The maximum absolute atomic E-state index is 4.36. The molecule has 0 spiro atoms. The van der Waals surface area contributed by atoms with Gasteiger partial charge in [0, 0.05) is 24.9 Å². The molecular formula is C16H29N3. The maximum atomic E-state index is 4.36. The van der Waals surface area contributed by atoms with Gasteiger partial charge in [0.15, 0.2) is 0 Å². The van der Waals surface area contributed by atoms with Crippen LogP contribution in [0.2, 0.25) is 0 Å². The predicted octanol–water partition coefficient (Wildman–Crippen LogP) is 3.39. The van der Waals surface area contributed by atoms with Gasteiger partial charge >= 0.3 is 0 Å². The Bertz CT molecular complexity index is 356. The summed E-state index contributed by atoms with van der Waals surface area (Å²) < 4.78 is 0. The minimum absolute atomic E-state index is 0.473. The molecule has 1 aromatic heterocycles. The summed E-state index contributed by atoms with van der Waals surface area (Å²) in [4.78, 5) is 7.58. The molecule has 19 heavy (non-hydrogen) atoms. The van der Waals surface area contributed by atoms with Gasteiger partial charge in [-0.3, -0.25) is 0 Å². The van der Waals surface area contributed by atoms with Gasteiger partial charge < -0.3 is 10.3 Å². The summed E-state index contributed by atoms with van der Waals surface area (Å²) in [5.74, 6) is 2.80. The van der Waals surface area contributed by atoms with Gasteiger partial charge in [-0.1, -0.05) is 20.8 Å². The van der Waals surface area contributed by atoms with Gasteiger partial charge in [-0.2, -0.15) is 0 Å². The van der Waals surface area contributed by atoms with Crippen LogP contribution in [0.15, 0.2) is 12.4 Å². The first-order chi connectivity index (χ1) is 9.00. The molecule has 1 fully saturated rings. The quantitative estimate of drug-likeness (QED) is 0.874. The Morgan fingerprint density at radius 2 is 2.00 bits per heavy atom. The van der Waals surface area contributed by atoms with E-state index in [0.29, 0.717) is 11.5 Å². The van der Waals surface area contributed by atoms with Gasteiger partial charge in [0.2, 0.25) is 0 Å². The summed E-state index contributed by atoms with van der Waals surface area (Å²) in [7, 11) is 2.09. The number of hydrogen-bond acceptors (Lipinski definition) is 2. The van der Waals surface area contributed by atoms with Crippen molar-refractivity contribution in [1.82, 2.24) is 15.3 Å². The van der Waals surface area contributed by atoms with Crippen LogP contribution in [0.25, 0.3) is 0 Å². The number of rotatable bonds is 4. The lowest BCUT2D eigenvalue weighted by atomic mass is 9.68. The van der Waals surface area contributed by atoms with Crippen molar-refractivity contribution in [2.24, 2.45) is 17.3 Å². The van der Waals surface area contributed by atoms with E-state index in [0.717, 1.165) is 24.1 Å². The Labute approximate surface area is 117 Å². The first kappa shape index (κ1) is 14.6. The normalized spacial score (nSPS) is 26.3. The molecule has 1 aliphatic rings. The summed E-state index contributed by atoms with van der Waals surface area (Å²) in [6, 6.07) is 0.562. The van der Waals surface area contributed by atoms with E-state index in [4.69, 9.17) is 0 Å². The van der Waals surface area contributed by atoms with Crippen molar-refractivity contribution in [1.29, 1.82) is 0 Å². The molecule has 2 rings (SSSR count). The van der Waals surface area contributed by atoms with E-state index >= 15 is 0 Å². The molecule has 1 unspecified atom stereocenters. The Kier molecular flexibility index (Phi) is 4.67. The average Bonchev–Trinajstić information content (AvgIpc) is 2.88. The molecule has 1 aromatic rings. The summed E-state index contributed by atoms with van der Waals surface area (Å²) in [6.45, 7) is 7.16. The van der Waals surface area contributed by atoms with Crippen molar-refractivity contribution in [3.8, 4) is 0 Å². The van der Waals surface area contributed by atoms with Gasteiger partial charge in [-0.05, 0) is 50.0 Å². The highest BCUT2D eigenvalue weighted by Crippen LogP contribution is 2.40. The van der Waals surface area contributed by atoms with E-state index in [1.165, 1.54) is 25.7 Å². The molecule has 1 atom stereocenters. The molecule has 3 heteroatoms. The Morgan fingerprint density at radius 1 is 1.32 bits per heavy atom. The van der Waals surface area contributed by atoms with Crippen molar-refractivity contribution in [2.75, 3.05) is 7.05 Å². The first-order valence-electron chi connectivity index (χ1n) is 7.66. The highest BCUT2D eigenvalue weighted by Gasteiger charge is 2.32. The zero-order chi connectivity index (χ0) is 13.9. The van der Waals surface area contributed by atoms with Crippen LogP contribution in [0.3, 0.4) is 0 Å². The average molecular weight is 263 g/mol. The summed E-state index contributed by atoms with van der Waals surface area (Å²) in [6.07, 6.45) is 10.3. The molecule has 0 saturated heterocycles. The number of nitrogens with one attached hydrogen (secondary N) is 2. The topological polar surface area (TPSA) is 40.7 Å². The third-order valence-electron chi connectivity index (χ3n) is 4.90.